The summed E-state index contributed by atoms with van der Waals surface area (Å²) in [5, 5.41) is 0. The van der Waals surface area contributed by atoms with Crippen LogP contribution in [0.15, 0.2) is 36.4 Å². The number of morpholine rings is 1. The lowest BCUT2D eigenvalue weighted by Gasteiger charge is -2.27. The molecule has 0 spiro atoms. The summed E-state index contributed by atoms with van der Waals surface area (Å²) in [6.45, 7) is 7.58. The molecule has 1 aliphatic rings. The molecule has 148 valence electrons. The zero-order chi connectivity index (χ0) is 18.9. The minimum absolute atomic E-state index is 0.152. The highest BCUT2D eigenvalue weighted by atomic mass is 32.1. The molecule has 0 bridgehead atoms. The van der Waals surface area contributed by atoms with E-state index in [0.717, 1.165) is 51.5 Å². The van der Waals surface area contributed by atoms with Gasteiger partial charge in [-0.05, 0) is 80.8 Å². The van der Waals surface area contributed by atoms with Gasteiger partial charge in [0, 0.05) is 22.8 Å². The van der Waals surface area contributed by atoms with E-state index in [1.165, 1.54) is 41.1 Å². The average Bonchev–Trinajstić information content (AvgIpc) is 3.15. The highest BCUT2D eigenvalue weighted by Crippen LogP contribution is 2.22. The maximum atomic E-state index is 12.9. The fourth-order valence-electron chi connectivity index (χ4n) is 3.57. The van der Waals surface area contributed by atoms with Crippen LogP contribution in [0.5, 0.6) is 0 Å². The van der Waals surface area contributed by atoms with Crippen LogP contribution in [0.3, 0.4) is 0 Å². The number of hydrogen-bond acceptors (Lipinski definition) is 3. The first-order valence-electron chi connectivity index (χ1n) is 10.3. The van der Waals surface area contributed by atoms with E-state index in [4.69, 9.17) is 4.74 Å². The number of thiophene rings is 1. The second-order valence-electron chi connectivity index (χ2n) is 7.73. The van der Waals surface area contributed by atoms with Crippen LogP contribution in [0.2, 0.25) is 0 Å². The molecular weight excluding hydrogens is 357 g/mol. The van der Waals surface area contributed by atoms with E-state index >= 15 is 0 Å². The van der Waals surface area contributed by atoms with E-state index in [0.29, 0.717) is 0 Å². The molecule has 1 saturated heterocycles. The summed E-state index contributed by atoms with van der Waals surface area (Å²) in [6.07, 6.45) is 7.03. The van der Waals surface area contributed by atoms with Crippen LogP contribution in [0, 0.1) is 11.7 Å². The molecule has 2 nitrogen and oxygen atoms in total. The van der Waals surface area contributed by atoms with Gasteiger partial charge in [-0.15, -0.1) is 11.3 Å². The molecule has 0 aliphatic carbocycles. The topological polar surface area (TPSA) is 12.5 Å². The first kappa shape index (κ1) is 20.5. The van der Waals surface area contributed by atoms with Crippen molar-refractivity contribution in [2.45, 2.75) is 45.4 Å². The van der Waals surface area contributed by atoms with Gasteiger partial charge in [-0.1, -0.05) is 19.1 Å². The van der Waals surface area contributed by atoms with E-state index in [2.05, 4.69) is 24.0 Å². The van der Waals surface area contributed by atoms with Crippen molar-refractivity contribution in [3.8, 4) is 0 Å². The Kier molecular flexibility index (Phi) is 8.31. The Morgan fingerprint density at radius 1 is 0.963 bits per heavy atom. The lowest BCUT2D eigenvalue weighted by molar-refractivity contribution is 0.0355. The normalized spacial score (nSPS) is 16.5. The Labute approximate surface area is 167 Å². The van der Waals surface area contributed by atoms with Crippen molar-refractivity contribution >= 4 is 11.3 Å². The third-order valence-corrected chi connectivity index (χ3v) is 6.65. The SMILES string of the molecule is CC(CCc1ccc(CCCc2ccc(F)cc2)s1)CCN1CCOCC1. The average molecular weight is 390 g/mol. The third kappa shape index (κ3) is 7.36. The van der Waals surface area contributed by atoms with Crippen LogP contribution in [-0.2, 0) is 24.0 Å². The van der Waals surface area contributed by atoms with Crippen LogP contribution in [0.4, 0.5) is 4.39 Å². The van der Waals surface area contributed by atoms with Crippen molar-refractivity contribution in [1.82, 2.24) is 4.90 Å². The Hall–Kier alpha value is -1.23. The highest BCUT2D eigenvalue weighted by Gasteiger charge is 2.12. The van der Waals surface area contributed by atoms with Gasteiger partial charge in [-0.3, -0.25) is 4.90 Å². The maximum absolute atomic E-state index is 12.9. The van der Waals surface area contributed by atoms with Crippen molar-refractivity contribution < 1.29 is 9.13 Å². The fourth-order valence-corrected chi connectivity index (χ4v) is 4.64. The van der Waals surface area contributed by atoms with E-state index in [-0.39, 0.29) is 5.82 Å². The molecule has 3 rings (SSSR count). The second kappa shape index (κ2) is 10.9. The molecule has 0 radical (unpaired) electrons. The van der Waals surface area contributed by atoms with E-state index in [1.807, 2.05) is 23.5 Å². The number of hydrogen-bond donors (Lipinski definition) is 0. The van der Waals surface area contributed by atoms with Gasteiger partial charge in [-0.25, -0.2) is 4.39 Å². The smallest absolute Gasteiger partial charge is 0.123 e. The van der Waals surface area contributed by atoms with E-state index < -0.39 is 0 Å². The van der Waals surface area contributed by atoms with Crippen LogP contribution in [-0.4, -0.2) is 37.7 Å². The summed E-state index contributed by atoms with van der Waals surface area (Å²) in [7, 11) is 0. The van der Waals surface area contributed by atoms with Gasteiger partial charge in [0.15, 0.2) is 0 Å². The molecule has 1 aromatic heterocycles. The third-order valence-electron chi connectivity index (χ3n) is 5.44. The number of benzene rings is 1. The molecule has 0 N–H and O–H groups in total. The van der Waals surface area contributed by atoms with Crippen molar-refractivity contribution in [3.05, 3.63) is 57.5 Å². The quantitative estimate of drug-likeness (QED) is 0.543. The Morgan fingerprint density at radius 3 is 2.41 bits per heavy atom. The van der Waals surface area contributed by atoms with Crippen LogP contribution < -0.4 is 0 Å². The maximum Gasteiger partial charge on any atom is 0.123 e. The van der Waals surface area contributed by atoms with Gasteiger partial charge < -0.3 is 4.74 Å². The zero-order valence-corrected chi connectivity index (χ0v) is 17.3. The van der Waals surface area contributed by atoms with Gasteiger partial charge >= 0.3 is 0 Å². The summed E-state index contributed by atoms with van der Waals surface area (Å²) in [4.78, 5) is 5.53. The lowest BCUT2D eigenvalue weighted by atomic mass is 10.0. The summed E-state index contributed by atoms with van der Waals surface area (Å²) in [6, 6.07) is 11.5. The summed E-state index contributed by atoms with van der Waals surface area (Å²) in [5.41, 5.74) is 1.22. The van der Waals surface area contributed by atoms with Gasteiger partial charge in [-0.2, -0.15) is 0 Å². The van der Waals surface area contributed by atoms with Gasteiger partial charge in [0.1, 0.15) is 5.82 Å². The fraction of sp³-hybridized carbons (Fsp3) is 0.565. The molecule has 0 amide bonds. The molecule has 2 aromatic rings. The minimum Gasteiger partial charge on any atom is -0.379 e. The summed E-state index contributed by atoms with van der Waals surface area (Å²) < 4.78 is 18.4. The monoisotopic (exact) mass is 389 g/mol. The molecule has 0 saturated carbocycles. The second-order valence-corrected chi connectivity index (χ2v) is 8.99. The molecule has 1 atom stereocenters. The Morgan fingerprint density at radius 2 is 1.67 bits per heavy atom. The van der Waals surface area contributed by atoms with Crippen molar-refractivity contribution in [2.75, 3.05) is 32.8 Å². The molecule has 2 heterocycles. The molecule has 4 heteroatoms. The number of halogens is 1. The number of ether oxygens (including phenoxy) is 1. The summed E-state index contributed by atoms with van der Waals surface area (Å²) in [5.74, 6) is 0.623. The van der Waals surface area contributed by atoms with E-state index in [9.17, 15) is 4.39 Å². The number of rotatable bonds is 10. The number of aryl methyl sites for hydroxylation is 3. The summed E-state index contributed by atoms with van der Waals surface area (Å²) >= 11 is 1.97. The van der Waals surface area contributed by atoms with Crippen molar-refractivity contribution in [3.63, 3.8) is 0 Å². The Bertz CT molecular complexity index is 663. The Balaban J connectivity index is 1.31. The van der Waals surface area contributed by atoms with Gasteiger partial charge in [0.25, 0.3) is 0 Å². The van der Waals surface area contributed by atoms with Gasteiger partial charge in [0.05, 0.1) is 13.2 Å². The molecule has 27 heavy (non-hydrogen) atoms. The predicted octanol–water partition coefficient (Wildman–Crippen LogP) is 5.35. The predicted molar refractivity (Wildman–Crippen MR) is 112 cm³/mol. The van der Waals surface area contributed by atoms with Gasteiger partial charge in [0.2, 0.25) is 0 Å². The molecule has 1 aliphatic heterocycles. The first-order valence-corrected chi connectivity index (χ1v) is 11.1. The van der Waals surface area contributed by atoms with Crippen LogP contribution in [0.1, 0.15) is 41.5 Å². The van der Waals surface area contributed by atoms with Crippen molar-refractivity contribution in [1.29, 1.82) is 0 Å². The molecule has 1 fully saturated rings. The van der Waals surface area contributed by atoms with E-state index in [1.54, 1.807) is 12.1 Å². The highest BCUT2D eigenvalue weighted by molar-refractivity contribution is 7.11. The van der Waals surface area contributed by atoms with Crippen LogP contribution >= 0.6 is 11.3 Å². The standard InChI is InChI=1S/C23H32FNOS/c1-19(13-14-25-15-17-26-18-16-25)5-10-23-12-11-22(27-23)4-2-3-20-6-8-21(24)9-7-20/h6-9,11-12,19H,2-5,10,13-18H2,1H3. The minimum atomic E-state index is -0.152. The molecular formula is C23H32FNOS. The zero-order valence-electron chi connectivity index (χ0n) is 16.5. The van der Waals surface area contributed by atoms with Crippen LogP contribution in [0.25, 0.3) is 0 Å². The number of nitrogens with zero attached hydrogens (tertiary/aromatic N) is 1. The van der Waals surface area contributed by atoms with Crippen molar-refractivity contribution in [2.24, 2.45) is 5.92 Å². The largest absolute Gasteiger partial charge is 0.379 e. The molecule has 1 unspecified atom stereocenters. The first-order chi connectivity index (χ1) is 13.2. The lowest BCUT2D eigenvalue weighted by Crippen LogP contribution is -2.37. The molecule has 1 aromatic carbocycles.